The Balaban J connectivity index is 1.97. The minimum atomic E-state index is -0.491. The van der Waals surface area contributed by atoms with Crippen LogP contribution in [0.4, 0.5) is 5.69 Å². The Morgan fingerprint density at radius 1 is 1.05 bits per heavy atom. The van der Waals surface area contributed by atoms with Crippen LogP contribution in [0.5, 0.6) is 0 Å². The van der Waals surface area contributed by atoms with Crippen molar-refractivity contribution in [2.24, 2.45) is 5.73 Å². The number of anilines is 1. The lowest BCUT2D eigenvalue weighted by Gasteiger charge is -2.05. The first-order valence-corrected chi connectivity index (χ1v) is 5.74. The third kappa shape index (κ3) is 3.64. The van der Waals surface area contributed by atoms with Gasteiger partial charge in [-0.05, 0) is 42.0 Å². The number of nitrogens with zero attached hydrogens (tertiary/aromatic N) is 1. The summed E-state index contributed by atoms with van der Waals surface area (Å²) in [5, 5.41) is 2.75. The van der Waals surface area contributed by atoms with Gasteiger partial charge in [0.25, 0.3) is 0 Å². The summed E-state index contributed by atoms with van der Waals surface area (Å²) in [5.74, 6) is -0.618. The highest BCUT2D eigenvalue weighted by Gasteiger charge is 2.05. The molecule has 0 aliphatic carbocycles. The smallest absolute Gasteiger partial charge is 0.248 e. The molecule has 0 spiro atoms. The first-order valence-electron chi connectivity index (χ1n) is 5.74. The maximum absolute atomic E-state index is 11.8. The van der Waals surface area contributed by atoms with Gasteiger partial charge in [0.2, 0.25) is 11.8 Å². The molecule has 19 heavy (non-hydrogen) atoms. The highest BCUT2D eigenvalue weighted by Crippen LogP contribution is 2.10. The molecule has 2 rings (SSSR count). The van der Waals surface area contributed by atoms with E-state index in [1.54, 1.807) is 48.8 Å². The van der Waals surface area contributed by atoms with Crippen molar-refractivity contribution in [1.29, 1.82) is 0 Å². The van der Waals surface area contributed by atoms with E-state index in [2.05, 4.69) is 10.3 Å². The maximum atomic E-state index is 11.8. The molecule has 5 nitrogen and oxygen atoms in total. The van der Waals surface area contributed by atoms with Crippen LogP contribution < -0.4 is 11.1 Å². The van der Waals surface area contributed by atoms with Crippen molar-refractivity contribution < 1.29 is 9.59 Å². The molecule has 0 bridgehead atoms. The summed E-state index contributed by atoms with van der Waals surface area (Å²) in [7, 11) is 0. The summed E-state index contributed by atoms with van der Waals surface area (Å²) >= 11 is 0. The number of carbonyl (C=O) groups is 2. The van der Waals surface area contributed by atoms with Gasteiger partial charge in [0.1, 0.15) is 0 Å². The molecule has 0 saturated heterocycles. The van der Waals surface area contributed by atoms with Crippen LogP contribution in [0.25, 0.3) is 0 Å². The van der Waals surface area contributed by atoms with E-state index in [0.717, 1.165) is 5.56 Å². The molecule has 0 unspecified atom stereocenters. The molecule has 0 atom stereocenters. The van der Waals surface area contributed by atoms with Gasteiger partial charge in [0, 0.05) is 23.6 Å². The third-order valence-corrected chi connectivity index (χ3v) is 2.57. The van der Waals surface area contributed by atoms with Crippen LogP contribution in [0.3, 0.4) is 0 Å². The van der Waals surface area contributed by atoms with Crippen LogP contribution in [-0.2, 0) is 11.2 Å². The molecule has 0 aliphatic rings. The Kier molecular flexibility index (Phi) is 3.87. The number of nitrogens with two attached hydrogens (primary N) is 1. The zero-order chi connectivity index (χ0) is 13.7. The Labute approximate surface area is 110 Å². The van der Waals surface area contributed by atoms with Gasteiger partial charge in [-0.15, -0.1) is 0 Å². The molecular weight excluding hydrogens is 242 g/mol. The quantitative estimate of drug-likeness (QED) is 0.865. The first kappa shape index (κ1) is 12.8. The molecular formula is C14H13N3O2. The highest BCUT2D eigenvalue weighted by molar-refractivity contribution is 5.95. The van der Waals surface area contributed by atoms with E-state index in [1.807, 2.05) is 0 Å². The van der Waals surface area contributed by atoms with E-state index in [9.17, 15) is 9.59 Å². The van der Waals surface area contributed by atoms with Crippen LogP contribution in [-0.4, -0.2) is 16.8 Å². The fourth-order valence-electron chi connectivity index (χ4n) is 1.61. The molecule has 2 aromatic rings. The lowest BCUT2D eigenvalue weighted by Crippen LogP contribution is -2.15. The van der Waals surface area contributed by atoms with Gasteiger partial charge in [-0.1, -0.05) is 0 Å². The number of benzene rings is 1. The molecule has 96 valence electrons. The van der Waals surface area contributed by atoms with E-state index in [1.165, 1.54) is 0 Å². The Bertz CT molecular complexity index is 579. The Hall–Kier alpha value is -2.69. The number of nitrogens with one attached hydrogen (secondary N) is 1. The summed E-state index contributed by atoms with van der Waals surface area (Å²) in [6.07, 6.45) is 3.56. The Morgan fingerprint density at radius 2 is 1.68 bits per heavy atom. The fourth-order valence-corrected chi connectivity index (χ4v) is 1.61. The van der Waals surface area contributed by atoms with Crippen molar-refractivity contribution >= 4 is 17.5 Å². The van der Waals surface area contributed by atoms with Crippen LogP contribution in [0, 0.1) is 0 Å². The topological polar surface area (TPSA) is 85.1 Å². The lowest BCUT2D eigenvalue weighted by atomic mass is 10.1. The number of hydrogen-bond acceptors (Lipinski definition) is 3. The fraction of sp³-hybridized carbons (Fsp3) is 0.0714. The zero-order valence-electron chi connectivity index (χ0n) is 10.2. The van der Waals surface area contributed by atoms with Gasteiger partial charge < -0.3 is 11.1 Å². The molecule has 0 fully saturated rings. The number of primary amides is 1. The summed E-state index contributed by atoms with van der Waals surface area (Å²) < 4.78 is 0. The molecule has 1 aromatic carbocycles. The van der Waals surface area contributed by atoms with E-state index in [-0.39, 0.29) is 12.3 Å². The lowest BCUT2D eigenvalue weighted by molar-refractivity contribution is -0.115. The van der Waals surface area contributed by atoms with Gasteiger partial charge in [0.15, 0.2) is 0 Å². The molecule has 3 N–H and O–H groups in total. The summed E-state index contributed by atoms with van der Waals surface area (Å²) in [5.41, 5.74) is 7.06. The normalized spacial score (nSPS) is 9.89. The van der Waals surface area contributed by atoms with Crippen molar-refractivity contribution in [3.63, 3.8) is 0 Å². The summed E-state index contributed by atoms with van der Waals surface area (Å²) in [6, 6.07) is 10.0. The SMILES string of the molecule is NC(=O)c1ccc(NC(=O)Cc2ccncc2)cc1. The predicted molar refractivity (Wildman–Crippen MR) is 71.5 cm³/mol. The molecule has 0 radical (unpaired) electrons. The van der Waals surface area contributed by atoms with Crippen molar-refractivity contribution in [2.45, 2.75) is 6.42 Å². The molecule has 5 heteroatoms. The minimum Gasteiger partial charge on any atom is -0.366 e. The van der Waals surface area contributed by atoms with Gasteiger partial charge in [-0.3, -0.25) is 14.6 Å². The highest BCUT2D eigenvalue weighted by atomic mass is 16.1. The van der Waals surface area contributed by atoms with Crippen molar-refractivity contribution in [3.05, 3.63) is 59.9 Å². The van der Waals surface area contributed by atoms with E-state index >= 15 is 0 Å². The first-order chi connectivity index (χ1) is 9.15. The molecule has 1 heterocycles. The van der Waals surface area contributed by atoms with Crippen LogP contribution in [0.1, 0.15) is 15.9 Å². The predicted octanol–water partition coefficient (Wildman–Crippen LogP) is 1.36. The standard InChI is InChI=1S/C14H13N3O2/c15-14(19)11-1-3-12(4-2-11)17-13(18)9-10-5-7-16-8-6-10/h1-8H,9H2,(H2,15,19)(H,17,18). The van der Waals surface area contributed by atoms with Gasteiger partial charge >= 0.3 is 0 Å². The second kappa shape index (κ2) is 5.77. The average molecular weight is 255 g/mol. The van der Waals surface area contributed by atoms with Crippen molar-refractivity contribution in [3.8, 4) is 0 Å². The van der Waals surface area contributed by atoms with Gasteiger partial charge in [0.05, 0.1) is 6.42 Å². The van der Waals surface area contributed by atoms with E-state index in [0.29, 0.717) is 11.3 Å². The maximum Gasteiger partial charge on any atom is 0.248 e. The molecule has 1 aromatic heterocycles. The summed E-state index contributed by atoms with van der Waals surface area (Å²) in [4.78, 5) is 26.6. The molecule has 0 saturated carbocycles. The van der Waals surface area contributed by atoms with E-state index < -0.39 is 5.91 Å². The van der Waals surface area contributed by atoms with Gasteiger partial charge in [-0.25, -0.2) is 0 Å². The van der Waals surface area contributed by atoms with Gasteiger partial charge in [-0.2, -0.15) is 0 Å². The number of rotatable bonds is 4. The third-order valence-electron chi connectivity index (χ3n) is 2.57. The van der Waals surface area contributed by atoms with Crippen molar-refractivity contribution in [1.82, 2.24) is 4.98 Å². The average Bonchev–Trinajstić information content (AvgIpc) is 2.40. The van der Waals surface area contributed by atoms with Crippen LogP contribution in [0.15, 0.2) is 48.8 Å². The second-order valence-corrected chi connectivity index (χ2v) is 4.02. The number of hydrogen-bond donors (Lipinski definition) is 2. The number of amides is 2. The monoisotopic (exact) mass is 255 g/mol. The summed E-state index contributed by atoms with van der Waals surface area (Å²) in [6.45, 7) is 0. The molecule has 0 aliphatic heterocycles. The number of carbonyl (C=O) groups excluding carboxylic acids is 2. The van der Waals surface area contributed by atoms with Crippen LogP contribution in [0.2, 0.25) is 0 Å². The van der Waals surface area contributed by atoms with Crippen molar-refractivity contribution in [2.75, 3.05) is 5.32 Å². The molecule has 2 amide bonds. The number of pyridine rings is 1. The zero-order valence-corrected chi connectivity index (χ0v) is 10.2. The minimum absolute atomic E-state index is 0.127. The largest absolute Gasteiger partial charge is 0.366 e. The number of aromatic nitrogens is 1. The second-order valence-electron chi connectivity index (χ2n) is 4.02. The van der Waals surface area contributed by atoms with E-state index in [4.69, 9.17) is 5.73 Å². The Morgan fingerprint density at radius 3 is 2.26 bits per heavy atom. The van der Waals surface area contributed by atoms with Crippen LogP contribution >= 0.6 is 0 Å².